The van der Waals surface area contributed by atoms with E-state index in [1.54, 1.807) is 17.8 Å². The summed E-state index contributed by atoms with van der Waals surface area (Å²) in [4.78, 5) is 13.9. The van der Waals surface area contributed by atoms with Crippen LogP contribution in [0.15, 0.2) is 22.7 Å². The molecular formula is C16H21BrN4OS. The number of hydrogen-bond donors (Lipinski definition) is 2. The highest BCUT2D eigenvalue weighted by molar-refractivity contribution is 9.10. The number of halogens is 1. The van der Waals surface area contributed by atoms with Gasteiger partial charge in [-0.25, -0.2) is 0 Å². The number of unbranched alkanes of at least 4 members (excludes halogenated alkanes) is 1. The third-order valence-corrected chi connectivity index (χ3v) is 5.20. The molecule has 5 nitrogen and oxygen atoms in total. The third kappa shape index (κ3) is 5.41. The van der Waals surface area contributed by atoms with Crippen LogP contribution >= 0.6 is 27.7 Å². The summed E-state index contributed by atoms with van der Waals surface area (Å²) in [7, 11) is 0. The van der Waals surface area contributed by atoms with E-state index >= 15 is 0 Å². The van der Waals surface area contributed by atoms with Crippen molar-refractivity contribution in [2.24, 2.45) is 5.73 Å². The number of carbonyl (C=O) groups excluding carboxylic acids is 1. The van der Waals surface area contributed by atoms with Gasteiger partial charge in [0.2, 0.25) is 5.91 Å². The fourth-order valence-electron chi connectivity index (χ4n) is 2.42. The Kier molecular flexibility index (Phi) is 7.21. The number of nitriles is 1. The third-order valence-electron chi connectivity index (χ3n) is 3.74. The summed E-state index contributed by atoms with van der Waals surface area (Å²) in [6.45, 7) is 1.58. The van der Waals surface area contributed by atoms with Crippen molar-refractivity contribution in [2.75, 3.05) is 30.0 Å². The molecule has 2 rings (SSSR count). The molecule has 0 saturated carbocycles. The fourth-order valence-corrected chi connectivity index (χ4v) is 3.74. The number of anilines is 1. The Morgan fingerprint density at radius 1 is 1.52 bits per heavy atom. The summed E-state index contributed by atoms with van der Waals surface area (Å²) in [5.74, 6) is 1.86. The molecule has 1 aliphatic heterocycles. The van der Waals surface area contributed by atoms with Gasteiger partial charge in [0.1, 0.15) is 6.07 Å². The van der Waals surface area contributed by atoms with Gasteiger partial charge in [-0.15, -0.1) is 11.8 Å². The van der Waals surface area contributed by atoms with Crippen molar-refractivity contribution >= 4 is 39.3 Å². The lowest BCUT2D eigenvalue weighted by Crippen LogP contribution is -2.42. The Morgan fingerprint density at radius 3 is 3.04 bits per heavy atom. The lowest BCUT2D eigenvalue weighted by Gasteiger charge is -2.19. The van der Waals surface area contributed by atoms with Crippen LogP contribution in [0.3, 0.4) is 0 Å². The maximum Gasteiger partial charge on any atom is 0.240 e. The van der Waals surface area contributed by atoms with Crippen molar-refractivity contribution in [3.05, 3.63) is 28.2 Å². The van der Waals surface area contributed by atoms with Crippen LogP contribution in [0.25, 0.3) is 0 Å². The van der Waals surface area contributed by atoms with Crippen molar-refractivity contribution < 1.29 is 4.79 Å². The summed E-state index contributed by atoms with van der Waals surface area (Å²) in [5.41, 5.74) is 7.44. The van der Waals surface area contributed by atoms with Gasteiger partial charge in [0.05, 0.1) is 23.2 Å². The summed E-state index contributed by atoms with van der Waals surface area (Å²) in [5, 5.41) is 12.4. The molecule has 0 bridgehead atoms. The van der Waals surface area contributed by atoms with E-state index in [0.717, 1.165) is 47.7 Å². The molecule has 1 fully saturated rings. The molecule has 1 aromatic rings. The Labute approximate surface area is 149 Å². The monoisotopic (exact) mass is 396 g/mol. The predicted molar refractivity (Wildman–Crippen MR) is 98.2 cm³/mol. The highest BCUT2D eigenvalue weighted by Crippen LogP contribution is 2.20. The van der Waals surface area contributed by atoms with E-state index in [-0.39, 0.29) is 5.91 Å². The molecule has 3 N–H and O–H groups in total. The van der Waals surface area contributed by atoms with Crippen LogP contribution in [0.4, 0.5) is 5.69 Å². The first-order valence-electron chi connectivity index (χ1n) is 7.67. The number of amides is 1. The summed E-state index contributed by atoms with van der Waals surface area (Å²) >= 11 is 5.13. The molecule has 124 valence electrons. The standard InChI is InChI=1S/C16H21BrN4OS/c17-13-4-5-15(12(9-13)10-18)20-6-2-1-3-14(19)16(22)21-7-8-23-11-21/h4-5,9,14,20H,1-3,6-8,11,19H2/t14-/m0/s1. The van der Waals surface area contributed by atoms with E-state index in [4.69, 9.17) is 11.0 Å². The summed E-state index contributed by atoms with van der Waals surface area (Å²) in [6.07, 6.45) is 2.50. The van der Waals surface area contributed by atoms with Crippen molar-refractivity contribution in [2.45, 2.75) is 25.3 Å². The number of thioether (sulfide) groups is 1. The Bertz CT molecular complexity index is 584. The Morgan fingerprint density at radius 2 is 2.35 bits per heavy atom. The summed E-state index contributed by atoms with van der Waals surface area (Å²) < 4.78 is 0.893. The normalized spacial score (nSPS) is 15.3. The second-order valence-corrected chi connectivity index (χ2v) is 7.46. The first-order chi connectivity index (χ1) is 11.1. The molecule has 0 aromatic heterocycles. The molecule has 0 unspecified atom stereocenters. The molecule has 0 spiro atoms. The summed E-state index contributed by atoms with van der Waals surface area (Å²) in [6, 6.07) is 7.38. The molecule has 0 radical (unpaired) electrons. The lowest BCUT2D eigenvalue weighted by atomic mass is 10.1. The average molecular weight is 397 g/mol. The Hall–Kier alpha value is -1.23. The Balaban J connectivity index is 1.68. The molecule has 1 saturated heterocycles. The highest BCUT2D eigenvalue weighted by atomic mass is 79.9. The second-order valence-electron chi connectivity index (χ2n) is 5.47. The molecule has 7 heteroatoms. The number of nitrogens with one attached hydrogen (secondary N) is 1. The highest BCUT2D eigenvalue weighted by Gasteiger charge is 2.23. The van der Waals surface area contributed by atoms with E-state index in [9.17, 15) is 4.79 Å². The molecular weight excluding hydrogens is 376 g/mol. The minimum absolute atomic E-state index is 0.0719. The van der Waals surface area contributed by atoms with Gasteiger partial charge in [-0.3, -0.25) is 4.79 Å². The van der Waals surface area contributed by atoms with Gasteiger partial charge in [0, 0.05) is 23.3 Å². The largest absolute Gasteiger partial charge is 0.384 e. The van der Waals surface area contributed by atoms with Crippen LogP contribution in [0, 0.1) is 11.3 Å². The van der Waals surface area contributed by atoms with E-state index in [1.165, 1.54) is 0 Å². The van der Waals surface area contributed by atoms with Crippen LogP contribution in [-0.2, 0) is 4.79 Å². The van der Waals surface area contributed by atoms with Gasteiger partial charge < -0.3 is 16.0 Å². The number of nitrogens with two attached hydrogens (primary N) is 1. The molecule has 23 heavy (non-hydrogen) atoms. The zero-order chi connectivity index (χ0) is 16.7. The van der Waals surface area contributed by atoms with Gasteiger partial charge in [0.25, 0.3) is 0 Å². The molecule has 1 atom stereocenters. The van der Waals surface area contributed by atoms with Crippen LogP contribution in [0.2, 0.25) is 0 Å². The molecule has 1 aromatic carbocycles. The van der Waals surface area contributed by atoms with Crippen LogP contribution in [-0.4, -0.2) is 41.6 Å². The lowest BCUT2D eigenvalue weighted by molar-refractivity contribution is -0.131. The van der Waals surface area contributed by atoms with E-state index in [0.29, 0.717) is 12.0 Å². The average Bonchev–Trinajstić information content (AvgIpc) is 3.09. The van der Waals surface area contributed by atoms with Gasteiger partial charge in [-0.1, -0.05) is 15.9 Å². The van der Waals surface area contributed by atoms with Crippen molar-refractivity contribution in [3.8, 4) is 6.07 Å². The van der Waals surface area contributed by atoms with Gasteiger partial charge in [-0.05, 0) is 37.5 Å². The minimum atomic E-state index is -0.393. The van der Waals surface area contributed by atoms with Crippen molar-refractivity contribution in [1.82, 2.24) is 4.90 Å². The maximum absolute atomic E-state index is 12.1. The van der Waals surface area contributed by atoms with E-state index in [1.807, 2.05) is 17.0 Å². The number of rotatable bonds is 7. The topological polar surface area (TPSA) is 82.1 Å². The zero-order valence-electron chi connectivity index (χ0n) is 12.9. The zero-order valence-corrected chi connectivity index (χ0v) is 15.3. The van der Waals surface area contributed by atoms with E-state index < -0.39 is 6.04 Å². The van der Waals surface area contributed by atoms with Crippen LogP contribution in [0.1, 0.15) is 24.8 Å². The quantitative estimate of drug-likeness (QED) is 0.692. The SMILES string of the molecule is N#Cc1cc(Br)ccc1NCCCC[C@H](N)C(=O)N1CCSC1. The van der Waals surface area contributed by atoms with Gasteiger partial charge in [0.15, 0.2) is 0 Å². The smallest absolute Gasteiger partial charge is 0.240 e. The van der Waals surface area contributed by atoms with Crippen LogP contribution in [0.5, 0.6) is 0 Å². The van der Waals surface area contributed by atoms with Crippen molar-refractivity contribution in [3.63, 3.8) is 0 Å². The molecule has 0 aliphatic carbocycles. The van der Waals surface area contributed by atoms with E-state index in [2.05, 4.69) is 27.3 Å². The first-order valence-corrected chi connectivity index (χ1v) is 9.62. The fraction of sp³-hybridized carbons (Fsp3) is 0.500. The first kappa shape index (κ1) is 18.1. The van der Waals surface area contributed by atoms with Gasteiger partial charge >= 0.3 is 0 Å². The maximum atomic E-state index is 12.1. The number of hydrogen-bond acceptors (Lipinski definition) is 5. The molecule has 1 aliphatic rings. The number of carbonyl (C=O) groups is 1. The number of benzene rings is 1. The number of nitrogens with zero attached hydrogens (tertiary/aromatic N) is 2. The molecule has 1 heterocycles. The van der Waals surface area contributed by atoms with Crippen molar-refractivity contribution in [1.29, 1.82) is 5.26 Å². The van der Waals surface area contributed by atoms with Gasteiger partial charge in [-0.2, -0.15) is 5.26 Å². The second kappa shape index (κ2) is 9.16. The predicted octanol–water partition coefficient (Wildman–Crippen LogP) is 2.76. The van der Waals surface area contributed by atoms with Crippen LogP contribution < -0.4 is 11.1 Å². The molecule has 1 amide bonds. The minimum Gasteiger partial charge on any atom is -0.384 e.